The summed E-state index contributed by atoms with van der Waals surface area (Å²) in [5.41, 5.74) is 4.57. The van der Waals surface area contributed by atoms with E-state index in [1.54, 1.807) is 56.8 Å². The molecule has 2 atom stereocenters. The van der Waals surface area contributed by atoms with Gasteiger partial charge < -0.3 is 34.6 Å². The van der Waals surface area contributed by atoms with Gasteiger partial charge >= 0.3 is 0 Å². The first kappa shape index (κ1) is 48.3. The first-order valence-corrected chi connectivity index (χ1v) is 26.8. The molecule has 3 aromatic carbocycles. The number of ketones is 1. The van der Waals surface area contributed by atoms with Crippen LogP contribution in [0, 0.1) is 17.6 Å². The Morgan fingerprint density at radius 2 is 1.65 bits per heavy atom. The van der Waals surface area contributed by atoms with Crippen LogP contribution in [0.15, 0.2) is 52.1 Å². The Labute approximate surface area is 408 Å². The van der Waals surface area contributed by atoms with Crippen molar-refractivity contribution in [1.82, 2.24) is 25.1 Å². The number of rotatable bonds is 12. The van der Waals surface area contributed by atoms with E-state index in [0.29, 0.717) is 87.7 Å². The molecule has 6 heterocycles. The zero-order valence-electron chi connectivity index (χ0n) is 39.3. The Balaban J connectivity index is 0.790. The summed E-state index contributed by atoms with van der Waals surface area (Å²) in [7, 11) is -1.26. The minimum atomic E-state index is -2.90. The average Bonchev–Trinajstić information content (AvgIpc) is 3.30. The van der Waals surface area contributed by atoms with Crippen LogP contribution in [0.5, 0.6) is 5.75 Å². The lowest BCUT2D eigenvalue weighted by Crippen LogP contribution is -2.59. The number of carbonyl (C=O) groups is 4. The van der Waals surface area contributed by atoms with E-state index < -0.39 is 42.6 Å². The van der Waals surface area contributed by atoms with Crippen molar-refractivity contribution in [3.8, 4) is 5.75 Å². The molecule has 9 rings (SSSR count). The quantitative estimate of drug-likeness (QED) is 0.102. The van der Waals surface area contributed by atoms with E-state index in [-0.39, 0.29) is 36.0 Å². The SMILES string of the molecule is CCc1cc(Nc2ncc(Br)c(Nc3ccc4c(c3P(C)(C)=O)C=NC(C)C4=O)n2)c(OC)cc1N1CCC(N2CCN(C(=O)C3CN(c4cc(F)c(C5CCC(=O)NC5=O)c(F)c4)C3)CC2)CC1. The molecule has 3 N–H and O–H groups in total. The molecule has 4 fully saturated rings. The Bertz CT molecular complexity index is 2780. The number of hydrogen-bond donors (Lipinski definition) is 3. The number of aromatic nitrogens is 2. The third-order valence-electron chi connectivity index (χ3n) is 14.0. The molecule has 5 aliphatic heterocycles. The molecule has 2 unspecified atom stereocenters. The first-order valence-electron chi connectivity index (χ1n) is 23.4. The zero-order valence-corrected chi connectivity index (χ0v) is 41.8. The molecule has 5 aliphatic rings. The Kier molecular flexibility index (Phi) is 13.7. The predicted octanol–water partition coefficient (Wildman–Crippen LogP) is 6.60. The van der Waals surface area contributed by atoms with E-state index in [0.717, 1.165) is 56.7 Å². The largest absolute Gasteiger partial charge is 0.494 e. The summed E-state index contributed by atoms with van der Waals surface area (Å²) in [6, 6.07) is 9.96. The Morgan fingerprint density at radius 1 is 0.942 bits per heavy atom. The van der Waals surface area contributed by atoms with Crippen molar-refractivity contribution in [3.05, 3.63) is 81.0 Å². The standard InChI is InChI=1S/C49H56BrF2N10O6P/c1-6-28-19-39(56-49-54-24-35(50)46(58-49)55-38-9-7-32-34(45(38)69(4,5)67)23-53-27(2)44(32)64)41(68-3)22-40(28)60-13-11-30(12-14-60)59-15-17-61(18-16-59)48(66)29-25-62(26-29)31-20-36(51)43(37(52)21-31)33-8-10-42(63)57-47(33)65/h7,9,19-24,27,29-30,33H,6,8,10-18,25-26H2,1-5H3,(H,57,63,65)(H2,54,55,56,58). The second kappa shape index (κ2) is 19.5. The smallest absolute Gasteiger partial charge is 0.234 e. The molecule has 4 saturated heterocycles. The summed E-state index contributed by atoms with van der Waals surface area (Å²) >= 11 is 3.57. The predicted molar refractivity (Wildman–Crippen MR) is 266 cm³/mol. The molecule has 0 radical (unpaired) electrons. The molecule has 3 amide bonds. The maximum atomic E-state index is 15.2. The number of nitrogens with one attached hydrogen (secondary N) is 3. The van der Waals surface area contributed by atoms with Crippen LogP contribution in [-0.4, -0.2) is 134 Å². The van der Waals surface area contributed by atoms with Gasteiger partial charge in [-0.1, -0.05) is 6.92 Å². The Morgan fingerprint density at radius 3 is 2.30 bits per heavy atom. The van der Waals surface area contributed by atoms with Crippen LogP contribution in [0.25, 0.3) is 0 Å². The van der Waals surface area contributed by atoms with E-state index >= 15 is 8.78 Å². The van der Waals surface area contributed by atoms with Crippen molar-refractivity contribution in [2.75, 3.05) is 93.2 Å². The fourth-order valence-electron chi connectivity index (χ4n) is 10.3. The molecule has 0 saturated carbocycles. The van der Waals surface area contributed by atoms with Crippen LogP contribution in [-0.2, 0) is 25.4 Å². The number of halogens is 3. The van der Waals surface area contributed by atoms with Gasteiger partial charge in [-0.05, 0) is 97.8 Å². The normalized spacial score (nSPS) is 20.4. The second-order valence-electron chi connectivity index (χ2n) is 18.8. The van der Waals surface area contributed by atoms with Crippen LogP contribution in [0.2, 0.25) is 0 Å². The number of anilines is 6. The zero-order chi connectivity index (χ0) is 48.9. The van der Waals surface area contributed by atoms with E-state index in [1.807, 2.05) is 4.90 Å². The van der Waals surface area contributed by atoms with Gasteiger partial charge in [0.15, 0.2) is 5.78 Å². The highest BCUT2D eigenvalue weighted by atomic mass is 79.9. The van der Waals surface area contributed by atoms with E-state index in [2.05, 4.69) is 70.7 Å². The number of ether oxygens (including phenoxy) is 1. The van der Waals surface area contributed by atoms with Crippen molar-refractivity contribution in [1.29, 1.82) is 0 Å². The highest BCUT2D eigenvalue weighted by Gasteiger charge is 2.39. The lowest BCUT2D eigenvalue weighted by atomic mass is 9.89. The number of carbonyl (C=O) groups excluding carboxylic acids is 4. The van der Waals surface area contributed by atoms with Gasteiger partial charge in [-0.2, -0.15) is 4.98 Å². The fraction of sp³-hybridized carbons (Fsp3) is 0.449. The monoisotopic (exact) mass is 1030 g/mol. The number of amides is 3. The topological polar surface area (TPSA) is 182 Å². The molecule has 20 heteroatoms. The van der Waals surface area contributed by atoms with Crippen molar-refractivity contribution in [2.24, 2.45) is 10.9 Å². The number of hydrogen-bond acceptors (Lipinski definition) is 14. The number of aliphatic imine (C=N–C) groups is 1. The molecule has 4 aromatic rings. The van der Waals surface area contributed by atoms with E-state index in [1.165, 1.54) is 12.1 Å². The van der Waals surface area contributed by atoms with Crippen molar-refractivity contribution >= 4 is 92.6 Å². The molecular weight excluding hydrogens is 973 g/mol. The van der Waals surface area contributed by atoms with Gasteiger partial charge in [-0.3, -0.25) is 34.4 Å². The van der Waals surface area contributed by atoms with Crippen molar-refractivity contribution in [3.63, 3.8) is 0 Å². The van der Waals surface area contributed by atoms with Crippen molar-refractivity contribution in [2.45, 2.75) is 64.0 Å². The molecule has 364 valence electrons. The minimum Gasteiger partial charge on any atom is -0.494 e. The molecular formula is C49H56BrF2N10O6P. The number of piperazine rings is 1. The molecule has 16 nitrogen and oxygen atoms in total. The lowest BCUT2D eigenvalue weighted by molar-refractivity contribution is -0.138. The van der Waals surface area contributed by atoms with Crippen LogP contribution in [0.3, 0.4) is 0 Å². The van der Waals surface area contributed by atoms with Crippen LogP contribution >= 0.6 is 23.1 Å². The summed E-state index contributed by atoms with van der Waals surface area (Å²) in [4.78, 5) is 72.6. The van der Waals surface area contributed by atoms with Gasteiger partial charge in [-0.25, -0.2) is 13.8 Å². The second-order valence-corrected chi connectivity index (χ2v) is 22.8. The fourth-order valence-corrected chi connectivity index (χ4v) is 12.0. The van der Waals surface area contributed by atoms with E-state index in [4.69, 9.17) is 9.72 Å². The highest BCUT2D eigenvalue weighted by molar-refractivity contribution is 9.10. The number of piperidine rings is 2. The van der Waals surface area contributed by atoms with Gasteiger partial charge in [0.1, 0.15) is 36.4 Å². The number of fused-ring (bicyclic) bond motifs is 1. The number of imide groups is 1. The maximum Gasteiger partial charge on any atom is 0.234 e. The van der Waals surface area contributed by atoms with Crippen LogP contribution in [0.4, 0.5) is 43.3 Å². The summed E-state index contributed by atoms with van der Waals surface area (Å²) in [6.45, 7) is 12.4. The third-order valence-corrected chi connectivity index (χ3v) is 16.2. The van der Waals surface area contributed by atoms with Gasteiger partial charge in [0.2, 0.25) is 23.7 Å². The minimum absolute atomic E-state index is 0.0220. The van der Waals surface area contributed by atoms with Gasteiger partial charge in [0, 0.05) is 117 Å². The molecule has 0 bridgehead atoms. The number of methoxy groups -OCH3 is 1. The lowest BCUT2D eigenvalue weighted by Gasteiger charge is -2.46. The summed E-state index contributed by atoms with van der Waals surface area (Å²) < 4.78 is 50.5. The van der Waals surface area contributed by atoms with Gasteiger partial charge in [0.05, 0.1) is 34.8 Å². The molecule has 1 aromatic heterocycles. The highest BCUT2D eigenvalue weighted by Crippen LogP contribution is 2.43. The number of nitrogens with zero attached hydrogens (tertiary/aromatic N) is 7. The molecule has 0 aliphatic carbocycles. The molecule has 0 spiro atoms. The first-order chi connectivity index (χ1) is 33.0. The number of Topliss-reactive ketones (excluding diaryl/α,β-unsaturated/α-hetero) is 1. The van der Waals surface area contributed by atoms with E-state index in [9.17, 15) is 23.7 Å². The van der Waals surface area contributed by atoms with Gasteiger partial charge in [-0.15, -0.1) is 0 Å². The summed E-state index contributed by atoms with van der Waals surface area (Å²) in [5.74, 6) is -2.80. The number of aryl methyl sites for hydroxylation is 1. The number of benzene rings is 3. The third kappa shape index (κ3) is 9.74. The van der Waals surface area contributed by atoms with Gasteiger partial charge in [0.25, 0.3) is 0 Å². The van der Waals surface area contributed by atoms with Crippen LogP contribution < -0.4 is 35.8 Å². The average molecular weight is 1030 g/mol. The van der Waals surface area contributed by atoms with Crippen LogP contribution in [0.1, 0.15) is 72.5 Å². The Hall–Kier alpha value is -5.78. The molecule has 69 heavy (non-hydrogen) atoms. The van der Waals surface area contributed by atoms with Crippen molar-refractivity contribution < 1.29 is 37.3 Å². The summed E-state index contributed by atoms with van der Waals surface area (Å²) in [6.07, 6.45) is 6.06. The summed E-state index contributed by atoms with van der Waals surface area (Å²) in [5, 5.41) is 9.39. The maximum absolute atomic E-state index is 15.2.